The summed E-state index contributed by atoms with van der Waals surface area (Å²) >= 11 is 0. The number of likely N-dealkylation sites (tertiary alicyclic amines) is 1. The highest BCUT2D eigenvalue weighted by Gasteiger charge is 2.75. The Hall–Kier alpha value is -2.97. The highest BCUT2D eigenvalue weighted by Crippen LogP contribution is 2.57. The molecule has 8 heteroatoms. The average Bonchev–Trinajstić information content (AvgIpc) is 3.19. The van der Waals surface area contributed by atoms with Gasteiger partial charge < -0.3 is 24.5 Å². The number of aliphatic hydroxyl groups is 1. The van der Waals surface area contributed by atoms with Gasteiger partial charge in [-0.25, -0.2) is 0 Å². The number of hydrogen-bond donors (Lipinski definition) is 1. The van der Waals surface area contributed by atoms with E-state index >= 15 is 0 Å². The monoisotopic (exact) mass is 521 g/mol. The Bertz CT molecular complexity index is 1140. The first kappa shape index (κ1) is 26.6. The van der Waals surface area contributed by atoms with Gasteiger partial charge in [-0.1, -0.05) is 74.4 Å². The molecule has 1 aromatic rings. The minimum atomic E-state index is -1.30. The second-order valence-electron chi connectivity index (χ2n) is 11.3. The van der Waals surface area contributed by atoms with Gasteiger partial charge in [-0.2, -0.15) is 0 Å². The Balaban J connectivity index is 1.61. The molecule has 1 unspecified atom stereocenters. The number of carbonyl (C=O) groups is 3. The van der Waals surface area contributed by atoms with Gasteiger partial charge in [0.05, 0.1) is 30.1 Å². The van der Waals surface area contributed by atoms with E-state index in [1.807, 2.05) is 61.6 Å². The first-order valence-electron chi connectivity index (χ1n) is 13.8. The van der Waals surface area contributed by atoms with Crippen molar-refractivity contribution >= 4 is 17.7 Å². The average molecular weight is 522 g/mol. The van der Waals surface area contributed by atoms with Crippen LogP contribution in [-0.2, 0) is 25.5 Å². The van der Waals surface area contributed by atoms with Gasteiger partial charge in [-0.3, -0.25) is 14.4 Å². The largest absolute Gasteiger partial charge is 0.394 e. The van der Waals surface area contributed by atoms with Crippen molar-refractivity contribution in [2.75, 3.05) is 33.3 Å². The van der Waals surface area contributed by atoms with Crippen LogP contribution in [0.1, 0.15) is 38.7 Å². The number of ether oxygens (including phenoxy) is 1. The van der Waals surface area contributed by atoms with E-state index in [-0.39, 0.29) is 24.3 Å². The number of rotatable bonds is 8. The van der Waals surface area contributed by atoms with Crippen LogP contribution < -0.4 is 0 Å². The van der Waals surface area contributed by atoms with Crippen LogP contribution in [0, 0.1) is 11.8 Å². The van der Waals surface area contributed by atoms with Crippen molar-refractivity contribution in [3.8, 4) is 0 Å². The summed E-state index contributed by atoms with van der Waals surface area (Å²) in [5.41, 5.74) is -1.36. The summed E-state index contributed by atoms with van der Waals surface area (Å²) in [4.78, 5) is 47.5. The third-order valence-electron chi connectivity index (χ3n) is 8.73. The van der Waals surface area contributed by atoms with E-state index < -0.39 is 35.1 Å². The quantitative estimate of drug-likeness (QED) is 0.418. The van der Waals surface area contributed by atoms with Crippen molar-refractivity contribution in [2.45, 2.75) is 62.8 Å². The molecule has 1 aromatic carbocycles. The third kappa shape index (κ3) is 4.18. The molecule has 0 aliphatic carbocycles. The number of carbonyl (C=O) groups excluding carboxylic acids is 3. The second-order valence-corrected chi connectivity index (χ2v) is 11.3. The summed E-state index contributed by atoms with van der Waals surface area (Å²) in [6.45, 7) is 5.11. The lowest BCUT2D eigenvalue weighted by atomic mass is 9.74. The summed E-state index contributed by atoms with van der Waals surface area (Å²) < 4.78 is 6.82. The molecule has 38 heavy (non-hydrogen) atoms. The van der Waals surface area contributed by atoms with E-state index in [0.29, 0.717) is 26.1 Å². The van der Waals surface area contributed by atoms with E-state index in [4.69, 9.17) is 4.74 Å². The number of likely N-dealkylation sites (N-methyl/N-ethyl adjacent to an activating group) is 1. The zero-order chi connectivity index (χ0) is 27.1. The van der Waals surface area contributed by atoms with Gasteiger partial charge in [-0.05, 0) is 25.3 Å². The fourth-order valence-corrected chi connectivity index (χ4v) is 6.91. The molecule has 0 bridgehead atoms. The molecule has 5 rings (SSSR count). The van der Waals surface area contributed by atoms with Crippen molar-refractivity contribution in [1.29, 1.82) is 0 Å². The van der Waals surface area contributed by atoms with Gasteiger partial charge in [0.15, 0.2) is 0 Å². The Morgan fingerprint density at radius 1 is 1.00 bits per heavy atom. The number of benzene rings is 1. The van der Waals surface area contributed by atoms with Crippen molar-refractivity contribution in [3.63, 3.8) is 0 Å². The highest BCUT2D eigenvalue weighted by molar-refractivity contribution is 6.00. The van der Waals surface area contributed by atoms with E-state index in [1.54, 1.807) is 21.7 Å². The predicted octanol–water partition coefficient (Wildman–Crippen LogP) is 2.18. The molecule has 4 heterocycles. The van der Waals surface area contributed by atoms with Crippen molar-refractivity contribution in [3.05, 3.63) is 60.2 Å². The number of nitrogens with zero attached hydrogens (tertiary/aromatic N) is 3. The maximum absolute atomic E-state index is 14.5. The van der Waals surface area contributed by atoms with Crippen LogP contribution in [0.2, 0.25) is 0 Å². The molecule has 6 atom stereocenters. The number of fused-ring (bicyclic) bond motifs is 2. The van der Waals surface area contributed by atoms with Crippen molar-refractivity contribution in [1.82, 2.24) is 14.7 Å². The predicted molar refractivity (Wildman–Crippen MR) is 143 cm³/mol. The minimum Gasteiger partial charge on any atom is -0.394 e. The maximum atomic E-state index is 14.5. The topological polar surface area (TPSA) is 90.4 Å². The van der Waals surface area contributed by atoms with Crippen LogP contribution >= 0.6 is 0 Å². The van der Waals surface area contributed by atoms with E-state index in [2.05, 4.69) is 6.92 Å². The third-order valence-corrected chi connectivity index (χ3v) is 8.73. The normalized spacial score (nSPS) is 33.2. The van der Waals surface area contributed by atoms with Gasteiger partial charge in [0, 0.05) is 26.7 Å². The summed E-state index contributed by atoms with van der Waals surface area (Å²) in [7, 11) is 1.73. The van der Waals surface area contributed by atoms with Crippen LogP contribution in [0.3, 0.4) is 0 Å². The van der Waals surface area contributed by atoms with Crippen LogP contribution in [0.15, 0.2) is 54.6 Å². The zero-order valence-electron chi connectivity index (χ0n) is 22.6. The molecule has 204 valence electrons. The Morgan fingerprint density at radius 2 is 1.74 bits per heavy atom. The number of aliphatic hydroxyl groups excluding tert-OH is 1. The first-order valence-corrected chi connectivity index (χ1v) is 13.8. The van der Waals surface area contributed by atoms with E-state index in [1.165, 1.54) is 0 Å². The van der Waals surface area contributed by atoms with E-state index in [9.17, 15) is 19.5 Å². The molecule has 8 nitrogen and oxygen atoms in total. The van der Waals surface area contributed by atoms with Gasteiger partial charge in [-0.15, -0.1) is 0 Å². The molecule has 3 amide bonds. The molecule has 4 aliphatic rings. The number of amides is 3. The van der Waals surface area contributed by atoms with Gasteiger partial charge in [0.2, 0.25) is 17.7 Å². The first-order chi connectivity index (χ1) is 18.3. The van der Waals surface area contributed by atoms with Crippen LogP contribution in [0.4, 0.5) is 0 Å². The molecule has 4 aliphatic heterocycles. The SMILES string of the molecule is CCCCCN1CC=C[C@]23O[C@]4(C)C=CCN(C)C(=O)[C@@H]4[C@H]2C(=O)N([C@@H](CO)Cc2ccccc2)C3C1=O. The second kappa shape index (κ2) is 10.3. The lowest BCUT2D eigenvalue weighted by Gasteiger charge is -2.40. The van der Waals surface area contributed by atoms with Crippen molar-refractivity contribution in [2.24, 2.45) is 11.8 Å². The van der Waals surface area contributed by atoms with E-state index in [0.717, 1.165) is 24.8 Å². The Labute approximate surface area is 224 Å². The maximum Gasteiger partial charge on any atom is 0.249 e. The molecule has 2 saturated heterocycles. The molecule has 2 fully saturated rings. The zero-order valence-corrected chi connectivity index (χ0v) is 22.6. The van der Waals surface area contributed by atoms with Gasteiger partial charge >= 0.3 is 0 Å². The highest BCUT2D eigenvalue weighted by atomic mass is 16.5. The van der Waals surface area contributed by atoms with Gasteiger partial charge in [0.25, 0.3) is 0 Å². The molecule has 1 spiro atoms. The molecule has 1 N–H and O–H groups in total. The molecule has 0 radical (unpaired) electrons. The smallest absolute Gasteiger partial charge is 0.249 e. The Morgan fingerprint density at radius 3 is 2.45 bits per heavy atom. The van der Waals surface area contributed by atoms with Crippen LogP contribution in [0.25, 0.3) is 0 Å². The van der Waals surface area contributed by atoms with Crippen molar-refractivity contribution < 1.29 is 24.2 Å². The molecule has 0 aromatic heterocycles. The summed E-state index contributed by atoms with van der Waals surface area (Å²) in [6.07, 6.45) is 10.9. The fourth-order valence-electron chi connectivity index (χ4n) is 6.91. The number of unbranched alkanes of at least 4 members (excludes halogenated alkanes) is 2. The summed E-state index contributed by atoms with van der Waals surface area (Å²) in [6, 6.07) is 8.07. The lowest BCUT2D eigenvalue weighted by Crippen LogP contribution is -2.59. The Kier molecular flexibility index (Phi) is 7.22. The molecule has 0 saturated carbocycles. The minimum absolute atomic E-state index is 0.165. The van der Waals surface area contributed by atoms with Crippen LogP contribution in [-0.4, -0.2) is 94.1 Å². The molecular weight excluding hydrogens is 482 g/mol. The standard InChI is InChI=1S/C30H39N3O5/c1-4-5-9-17-32-18-11-15-30-24(23-26(35)31(3)16-10-14-29(23,2)38-30)27(36)33(25(30)28(32)37)22(20-34)19-21-12-7-6-8-13-21/h6-8,10-15,22-25,34H,4-5,9,16-20H2,1-3H3/t22-,23+,24+,25?,29-,30+/m1/s1. The van der Waals surface area contributed by atoms with Crippen LogP contribution in [0.5, 0.6) is 0 Å². The lowest BCUT2D eigenvalue weighted by molar-refractivity contribution is -0.155. The van der Waals surface area contributed by atoms with Gasteiger partial charge in [0.1, 0.15) is 11.6 Å². The summed E-state index contributed by atoms with van der Waals surface area (Å²) in [5, 5.41) is 10.6. The fraction of sp³-hybridized carbons (Fsp3) is 0.567. The number of hydrogen-bond acceptors (Lipinski definition) is 5. The summed E-state index contributed by atoms with van der Waals surface area (Å²) in [5.74, 6) is -2.29. The molecular formula is C30H39N3O5.